The Kier molecular flexibility index (Phi) is 4.23. The number of rotatable bonds is 6. The minimum atomic E-state index is -1.18. The van der Waals surface area contributed by atoms with E-state index in [2.05, 4.69) is 20.3 Å². The molecule has 0 aromatic carbocycles. The van der Waals surface area contributed by atoms with Crippen LogP contribution in [0.15, 0.2) is 10.5 Å². The molecule has 0 aliphatic rings. The maximum atomic E-state index is 10.1. The first-order valence-electron chi connectivity index (χ1n) is 3.75. The monoisotopic (exact) mass is 229 g/mol. The van der Waals surface area contributed by atoms with Gasteiger partial charge in [0.25, 0.3) is 0 Å². The fourth-order valence-electron chi connectivity index (χ4n) is 0.676. The first-order chi connectivity index (χ1) is 7.22. The summed E-state index contributed by atoms with van der Waals surface area (Å²) in [4.78, 5) is 28.6. The first-order valence-corrected chi connectivity index (χ1v) is 4.63. The van der Waals surface area contributed by atoms with E-state index in [4.69, 9.17) is 5.11 Å². The Labute approximate surface area is 88.4 Å². The molecule has 0 spiro atoms. The predicted octanol–water partition coefficient (Wildman–Crippen LogP) is 0.298. The summed E-state index contributed by atoms with van der Waals surface area (Å²) in [6.45, 7) is 0.0564. The van der Waals surface area contributed by atoms with Gasteiger partial charge in [0.2, 0.25) is 6.41 Å². The number of nitrogens with zero attached hydrogens (tertiary/aromatic N) is 2. The number of hydrogen-bond donors (Lipinski definition) is 2. The van der Waals surface area contributed by atoms with Crippen LogP contribution in [0.5, 0.6) is 0 Å². The van der Waals surface area contributed by atoms with Gasteiger partial charge >= 0.3 is 5.97 Å². The molecule has 0 fully saturated rings. The van der Waals surface area contributed by atoms with E-state index >= 15 is 0 Å². The number of anilines is 1. The Morgan fingerprint density at radius 3 is 3.27 bits per heavy atom. The number of aromatic nitrogens is 1. The van der Waals surface area contributed by atoms with Crippen molar-refractivity contribution in [2.45, 2.75) is 6.61 Å². The fourth-order valence-corrected chi connectivity index (χ4v) is 1.33. The minimum Gasteiger partial charge on any atom is -0.477 e. The molecule has 15 heavy (non-hydrogen) atoms. The van der Waals surface area contributed by atoms with Crippen molar-refractivity contribution in [3.8, 4) is 0 Å². The molecular formula is C7H7N3O4S. The predicted molar refractivity (Wildman–Crippen MR) is 52.7 cm³/mol. The van der Waals surface area contributed by atoms with Crippen LogP contribution in [0.3, 0.4) is 0 Å². The lowest BCUT2D eigenvalue weighted by molar-refractivity contribution is -0.129. The zero-order valence-corrected chi connectivity index (χ0v) is 8.23. The first kappa shape index (κ1) is 11.1. The van der Waals surface area contributed by atoms with Gasteiger partial charge in [-0.05, 0) is 0 Å². The van der Waals surface area contributed by atoms with Crippen LogP contribution in [0.1, 0.15) is 5.69 Å². The molecule has 1 aromatic heterocycles. The van der Waals surface area contributed by atoms with Gasteiger partial charge in [-0.2, -0.15) is 0 Å². The summed E-state index contributed by atoms with van der Waals surface area (Å²) in [5.74, 6) is -1.18. The molecule has 8 heteroatoms. The van der Waals surface area contributed by atoms with E-state index in [0.717, 1.165) is 0 Å². The number of carbonyl (C=O) groups excluding carboxylic acids is 1. The van der Waals surface area contributed by atoms with Gasteiger partial charge in [0.15, 0.2) is 18.0 Å². The van der Waals surface area contributed by atoms with Crippen molar-refractivity contribution in [3.63, 3.8) is 0 Å². The third kappa shape index (κ3) is 4.18. The highest BCUT2D eigenvalue weighted by molar-refractivity contribution is 7.13. The summed E-state index contributed by atoms with van der Waals surface area (Å²) in [6.07, 6.45) is 1.16. The second-order valence-corrected chi connectivity index (χ2v) is 3.11. The molecule has 80 valence electrons. The van der Waals surface area contributed by atoms with Crippen LogP contribution in [0.2, 0.25) is 0 Å². The number of hydrogen-bond acceptors (Lipinski definition) is 6. The quantitative estimate of drug-likeness (QED) is 0.415. The van der Waals surface area contributed by atoms with Gasteiger partial charge < -0.3 is 15.3 Å². The smallest absolute Gasteiger partial charge is 0.350 e. The average Bonchev–Trinajstić information content (AvgIpc) is 2.61. The van der Waals surface area contributed by atoms with Crippen LogP contribution in [0.4, 0.5) is 5.13 Å². The molecular weight excluding hydrogens is 222 g/mol. The Bertz CT molecular complexity index is 376. The number of amides is 1. The maximum absolute atomic E-state index is 10.1. The number of aliphatic carboxylic acids is 1. The van der Waals surface area contributed by atoms with E-state index in [1.54, 1.807) is 5.38 Å². The summed E-state index contributed by atoms with van der Waals surface area (Å²) < 4.78 is 0. The number of carboxylic acids is 1. The van der Waals surface area contributed by atoms with Crippen molar-refractivity contribution in [2.75, 3.05) is 5.32 Å². The number of carbonyl (C=O) groups is 2. The summed E-state index contributed by atoms with van der Waals surface area (Å²) in [7, 11) is 0. The van der Waals surface area contributed by atoms with Crippen LogP contribution in [-0.4, -0.2) is 28.7 Å². The second-order valence-electron chi connectivity index (χ2n) is 2.25. The van der Waals surface area contributed by atoms with Crippen LogP contribution < -0.4 is 5.32 Å². The lowest BCUT2D eigenvalue weighted by atomic mass is 10.5. The summed E-state index contributed by atoms with van der Waals surface area (Å²) in [5, 5.41) is 15.9. The highest BCUT2D eigenvalue weighted by Gasteiger charge is 2.00. The molecule has 7 nitrogen and oxygen atoms in total. The molecule has 1 heterocycles. The van der Waals surface area contributed by atoms with E-state index in [-0.39, 0.29) is 6.61 Å². The SMILES string of the molecule is O=CNc1nc(CO/N=C\C(=O)O)cs1. The van der Waals surface area contributed by atoms with Crippen LogP contribution in [0.25, 0.3) is 0 Å². The molecule has 1 rings (SSSR count). The average molecular weight is 229 g/mol. The van der Waals surface area contributed by atoms with Crippen molar-refractivity contribution < 1.29 is 19.5 Å². The molecule has 0 unspecified atom stereocenters. The maximum Gasteiger partial charge on any atom is 0.350 e. The standard InChI is InChI=1S/C7H7N3O4S/c11-4-8-7-10-5(3-15-7)2-14-9-1-6(12)13/h1,3-4H,2H2,(H,12,13)(H,8,10,11)/b9-1-. The molecule has 0 saturated heterocycles. The lowest BCUT2D eigenvalue weighted by Gasteiger charge is -1.93. The van der Waals surface area contributed by atoms with E-state index in [0.29, 0.717) is 23.5 Å². The van der Waals surface area contributed by atoms with Crippen LogP contribution >= 0.6 is 11.3 Å². The minimum absolute atomic E-state index is 0.0564. The third-order valence-electron chi connectivity index (χ3n) is 1.18. The molecule has 0 aliphatic heterocycles. The Morgan fingerprint density at radius 1 is 1.80 bits per heavy atom. The van der Waals surface area contributed by atoms with E-state index in [1.165, 1.54) is 11.3 Å². The van der Waals surface area contributed by atoms with Gasteiger partial charge in [-0.15, -0.1) is 11.3 Å². The topological polar surface area (TPSA) is 101 Å². The third-order valence-corrected chi connectivity index (χ3v) is 2.01. The normalized spacial score (nSPS) is 10.1. The molecule has 2 N–H and O–H groups in total. The summed E-state index contributed by atoms with van der Waals surface area (Å²) >= 11 is 1.24. The Morgan fingerprint density at radius 2 is 2.60 bits per heavy atom. The molecule has 1 aromatic rings. The van der Waals surface area contributed by atoms with Crippen molar-refractivity contribution >= 4 is 35.1 Å². The summed E-state index contributed by atoms with van der Waals surface area (Å²) in [6, 6.07) is 0. The molecule has 0 saturated carbocycles. The molecule has 0 radical (unpaired) electrons. The number of oxime groups is 1. The lowest BCUT2D eigenvalue weighted by Crippen LogP contribution is -1.97. The van der Waals surface area contributed by atoms with E-state index < -0.39 is 5.97 Å². The van der Waals surface area contributed by atoms with Crippen LogP contribution in [-0.2, 0) is 21.0 Å². The van der Waals surface area contributed by atoms with Gasteiger partial charge in [0.1, 0.15) is 0 Å². The van der Waals surface area contributed by atoms with Crippen molar-refractivity contribution in [2.24, 2.45) is 5.16 Å². The molecule has 1 amide bonds. The number of carboxylic acid groups (broad SMARTS) is 1. The Hall–Kier alpha value is -1.96. The van der Waals surface area contributed by atoms with E-state index in [1.807, 2.05) is 0 Å². The number of nitrogens with one attached hydrogen (secondary N) is 1. The molecule has 0 bridgehead atoms. The van der Waals surface area contributed by atoms with Gasteiger partial charge in [-0.25, -0.2) is 9.78 Å². The zero-order chi connectivity index (χ0) is 11.1. The highest BCUT2D eigenvalue weighted by atomic mass is 32.1. The second kappa shape index (κ2) is 5.70. The van der Waals surface area contributed by atoms with Crippen molar-refractivity contribution in [1.82, 2.24) is 4.98 Å². The van der Waals surface area contributed by atoms with E-state index in [9.17, 15) is 9.59 Å². The van der Waals surface area contributed by atoms with Crippen molar-refractivity contribution in [3.05, 3.63) is 11.1 Å². The highest BCUT2D eigenvalue weighted by Crippen LogP contribution is 2.14. The molecule has 0 atom stereocenters. The van der Waals surface area contributed by atoms with Gasteiger partial charge in [-0.3, -0.25) is 4.79 Å². The molecule has 0 aliphatic carbocycles. The summed E-state index contributed by atoms with van der Waals surface area (Å²) in [5.41, 5.74) is 0.562. The van der Waals surface area contributed by atoms with Crippen LogP contribution in [0, 0.1) is 0 Å². The van der Waals surface area contributed by atoms with Crippen molar-refractivity contribution in [1.29, 1.82) is 0 Å². The number of thiazole rings is 1. The van der Waals surface area contributed by atoms with Gasteiger partial charge in [0, 0.05) is 5.38 Å². The Balaban J connectivity index is 2.37. The fraction of sp³-hybridized carbons (Fsp3) is 0.143. The van der Waals surface area contributed by atoms with Gasteiger partial charge in [-0.1, -0.05) is 5.16 Å². The largest absolute Gasteiger partial charge is 0.477 e. The van der Waals surface area contributed by atoms with Gasteiger partial charge in [0.05, 0.1) is 5.69 Å². The zero-order valence-electron chi connectivity index (χ0n) is 7.41.